The number of hydrogen-bond acceptors (Lipinski definition) is 2. The Balaban J connectivity index is 1.83. The first-order valence-corrected chi connectivity index (χ1v) is 8.39. The van der Waals surface area contributed by atoms with Crippen molar-refractivity contribution in [3.05, 3.63) is 71.1 Å². The van der Waals surface area contributed by atoms with E-state index in [0.717, 1.165) is 18.4 Å². The van der Waals surface area contributed by atoms with Gasteiger partial charge in [0, 0.05) is 10.1 Å². The van der Waals surface area contributed by atoms with Crippen molar-refractivity contribution in [2.45, 2.75) is 30.8 Å². The molecule has 0 spiro atoms. The summed E-state index contributed by atoms with van der Waals surface area (Å²) in [4.78, 5) is 0. The summed E-state index contributed by atoms with van der Waals surface area (Å²) in [6.45, 7) is 0. The van der Waals surface area contributed by atoms with Gasteiger partial charge in [-0.05, 0) is 40.8 Å². The average molecular weight is 294 g/mol. The molecule has 2 heteroatoms. The molecule has 0 bridgehead atoms. The Bertz CT molecular complexity index is 755. The SMILES string of the molecule is OC(c1cccc2ccsc12)C1(c2ccccc2)CCC1. The molecule has 0 amide bonds. The number of hydrogen-bond donors (Lipinski definition) is 1. The summed E-state index contributed by atoms with van der Waals surface area (Å²) < 4.78 is 1.23. The molecule has 0 saturated heterocycles. The van der Waals surface area contributed by atoms with Crippen LogP contribution in [0.25, 0.3) is 10.1 Å². The lowest BCUT2D eigenvalue weighted by atomic mass is 9.60. The van der Waals surface area contributed by atoms with Gasteiger partial charge in [-0.15, -0.1) is 11.3 Å². The molecular weight excluding hydrogens is 276 g/mol. The highest BCUT2D eigenvalue weighted by atomic mass is 32.1. The highest BCUT2D eigenvalue weighted by molar-refractivity contribution is 7.17. The molecule has 1 heterocycles. The lowest BCUT2D eigenvalue weighted by molar-refractivity contribution is 0.0280. The summed E-state index contributed by atoms with van der Waals surface area (Å²) in [5.41, 5.74) is 2.27. The van der Waals surface area contributed by atoms with Gasteiger partial charge in [0.25, 0.3) is 0 Å². The molecule has 1 nitrogen and oxygen atoms in total. The van der Waals surface area contributed by atoms with Gasteiger partial charge in [-0.25, -0.2) is 0 Å². The highest BCUT2D eigenvalue weighted by Gasteiger charge is 2.45. The summed E-state index contributed by atoms with van der Waals surface area (Å²) in [5, 5.41) is 14.5. The molecule has 1 atom stereocenters. The third kappa shape index (κ3) is 1.94. The van der Waals surface area contributed by atoms with Crippen molar-refractivity contribution >= 4 is 21.4 Å². The molecule has 21 heavy (non-hydrogen) atoms. The monoisotopic (exact) mass is 294 g/mol. The molecular formula is C19H18OS. The van der Waals surface area contributed by atoms with E-state index in [2.05, 4.69) is 53.9 Å². The van der Waals surface area contributed by atoms with Gasteiger partial charge in [0.15, 0.2) is 0 Å². The highest BCUT2D eigenvalue weighted by Crippen LogP contribution is 2.53. The van der Waals surface area contributed by atoms with E-state index >= 15 is 0 Å². The zero-order valence-electron chi connectivity index (χ0n) is 11.8. The van der Waals surface area contributed by atoms with Crippen molar-refractivity contribution in [3.8, 4) is 0 Å². The summed E-state index contributed by atoms with van der Waals surface area (Å²) in [6, 6.07) is 18.9. The molecule has 106 valence electrons. The number of aliphatic hydroxyl groups is 1. The predicted molar refractivity (Wildman–Crippen MR) is 88.8 cm³/mol. The van der Waals surface area contributed by atoms with Crippen molar-refractivity contribution in [2.24, 2.45) is 0 Å². The van der Waals surface area contributed by atoms with Crippen LogP contribution >= 0.6 is 11.3 Å². The minimum Gasteiger partial charge on any atom is -0.387 e. The molecule has 0 aliphatic heterocycles. The normalized spacial score (nSPS) is 18.3. The van der Waals surface area contributed by atoms with E-state index in [4.69, 9.17) is 0 Å². The number of fused-ring (bicyclic) bond motifs is 1. The molecule has 3 aromatic rings. The van der Waals surface area contributed by atoms with Gasteiger partial charge in [0.2, 0.25) is 0 Å². The summed E-state index contributed by atoms with van der Waals surface area (Å²) in [5.74, 6) is 0. The van der Waals surface area contributed by atoms with E-state index in [9.17, 15) is 5.11 Å². The zero-order valence-corrected chi connectivity index (χ0v) is 12.6. The fraction of sp³-hybridized carbons (Fsp3) is 0.263. The number of benzene rings is 2. The number of thiophene rings is 1. The van der Waals surface area contributed by atoms with Crippen LogP contribution in [0, 0.1) is 0 Å². The Kier molecular flexibility index (Phi) is 3.09. The minimum absolute atomic E-state index is 0.0977. The fourth-order valence-corrected chi connectivity index (χ4v) is 4.52. The standard InChI is InChI=1S/C19H18OS/c20-18(16-9-4-6-14-10-13-21-17(14)16)19(11-5-12-19)15-7-2-1-3-8-15/h1-4,6-10,13,18,20H,5,11-12H2. The summed E-state index contributed by atoms with van der Waals surface area (Å²) in [6.07, 6.45) is 2.92. The van der Waals surface area contributed by atoms with Crippen LogP contribution in [0.3, 0.4) is 0 Å². The Hall–Kier alpha value is -1.64. The van der Waals surface area contributed by atoms with Crippen molar-refractivity contribution in [1.82, 2.24) is 0 Å². The van der Waals surface area contributed by atoms with E-state index in [1.165, 1.54) is 22.1 Å². The second kappa shape index (κ2) is 4.97. The van der Waals surface area contributed by atoms with Crippen molar-refractivity contribution in [2.75, 3.05) is 0 Å². The Morgan fingerprint density at radius 2 is 1.76 bits per heavy atom. The first-order valence-electron chi connectivity index (χ1n) is 7.51. The van der Waals surface area contributed by atoms with E-state index in [0.29, 0.717) is 0 Å². The Morgan fingerprint density at radius 3 is 2.48 bits per heavy atom. The molecule has 2 aromatic carbocycles. The Morgan fingerprint density at radius 1 is 0.952 bits per heavy atom. The number of rotatable bonds is 3. The first-order chi connectivity index (χ1) is 10.3. The van der Waals surface area contributed by atoms with Gasteiger partial charge in [0.1, 0.15) is 0 Å². The second-order valence-corrected chi connectivity index (χ2v) is 6.88. The van der Waals surface area contributed by atoms with Crippen molar-refractivity contribution < 1.29 is 5.11 Å². The molecule has 1 unspecified atom stereocenters. The van der Waals surface area contributed by atoms with Crippen molar-refractivity contribution in [3.63, 3.8) is 0 Å². The minimum atomic E-state index is -0.420. The van der Waals surface area contributed by atoms with Gasteiger partial charge in [-0.2, -0.15) is 0 Å². The van der Waals surface area contributed by atoms with Gasteiger partial charge < -0.3 is 5.11 Å². The van der Waals surface area contributed by atoms with Gasteiger partial charge in [-0.1, -0.05) is 55.0 Å². The van der Waals surface area contributed by atoms with Crippen LogP contribution < -0.4 is 0 Å². The van der Waals surface area contributed by atoms with E-state index < -0.39 is 6.10 Å². The van der Waals surface area contributed by atoms with Gasteiger partial charge in [-0.3, -0.25) is 0 Å². The van der Waals surface area contributed by atoms with E-state index in [1.54, 1.807) is 11.3 Å². The topological polar surface area (TPSA) is 20.2 Å². The van der Waals surface area contributed by atoms with Crippen LogP contribution in [0.2, 0.25) is 0 Å². The maximum atomic E-state index is 11.2. The summed E-state index contributed by atoms with van der Waals surface area (Å²) >= 11 is 1.73. The van der Waals surface area contributed by atoms with E-state index in [-0.39, 0.29) is 5.41 Å². The molecule has 1 aliphatic rings. The smallest absolute Gasteiger partial charge is 0.0900 e. The third-order valence-corrected chi connectivity index (χ3v) is 5.90. The molecule has 4 rings (SSSR count). The molecule has 0 radical (unpaired) electrons. The van der Waals surface area contributed by atoms with Gasteiger partial charge >= 0.3 is 0 Å². The van der Waals surface area contributed by atoms with Crippen LogP contribution in [0.15, 0.2) is 60.0 Å². The lowest BCUT2D eigenvalue weighted by Crippen LogP contribution is -2.40. The molecule has 1 fully saturated rings. The average Bonchev–Trinajstić information content (AvgIpc) is 2.95. The quantitative estimate of drug-likeness (QED) is 0.716. The van der Waals surface area contributed by atoms with Crippen molar-refractivity contribution in [1.29, 1.82) is 0 Å². The van der Waals surface area contributed by atoms with Crippen LogP contribution in [0.1, 0.15) is 36.5 Å². The predicted octanol–water partition coefficient (Wildman–Crippen LogP) is 5.06. The van der Waals surface area contributed by atoms with Gasteiger partial charge in [0.05, 0.1) is 6.10 Å². The maximum Gasteiger partial charge on any atom is 0.0900 e. The largest absolute Gasteiger partial charge is 0.387 e. The molecule has 1 aromatic heterocycles. The number of aliphatic hydroxyl groups excluding tert-OH is 1. The zero-order chi connectivity index (χ0) is 14.3. The molecule has 1 aliphatic carbocycles. The Labute approximate surface area is 128 Å². The first kappa shape index (κ1) is 13.1. The van der Waals surface area contributed by atoms with Crippen LogP contribution in [-0.4, -0.2) is 5.11 Å². The summed E-state index contributed by atoms with van der Waals surface area (Å²) in [7, 11) is 0. The van der Waals surface area contributed by atoms with Crippen LogP contribution in [-0.2, 0) is 5.41 Å². The molecule has 1 saturated carbocycles. The van der Waals surface area contributed by atoms with Crippen LogP contribution in [0.5, 0.6) is 0 Å². The van der Waals surface area contributed by atoms with Crippen LogP contribution in [0.4, 0.5) is 0 Å². The second-order valence-electron chi connectivity index (χ2n) is 5.96. The molecule has 1 N–H and O–H groups in total. The van der Waals surface area contributed by atoms with E-state index in [1.807, 2.05) is 6.07 Å². The lowest BCUT2D eigenvalue weighted by Gasteiger charge is -2.46. The third-order valence-electron chi connectivity index (χ3n) is 4.92. The maximum absolute atomic E-state index is 11.2. The fourth-order valence-electron chi connectivity index (χ4n) is 3.58.